The second kappa shape index (κ2) is 6.83. The monoisotopic (exact) mass is 252 g/mol. The van der Waals surface area contributed by atoms with Crippen LogP contribution in [0, 0.1) is 5.92 Å². The molecule has 0 radical (unpaired) electrons. The summed E-state index contributed by atoms with van der Waals surface area (Å²) in [5, 5.41) is 11.6. The maximum absolute atomic E-state index is 11.9. The highest BCUT2D eigenvalue weighted by atomic mass is 16.4. The highest BCUT2D eigenvalue weighted by molar-refractivity contribution is 5.93. The van der Waals surface area contributed by atoms with Gasteiger partial charge in [0.25, 0.3) is 5.91 Å². The standard InChI is InChI=1S/C13H20N2O3/c1-3-10(4-2)8-14-13(18)11-6-5-7-15(11)9-12(16)17/h5-7,10H,3-4,8-9H2,1-2H3,(H,14,18)(H,16,17). The number of aliphatic carboxylic acids is 1. The van der Waals surface area contributed by atoms with Gasteiger partial charge in [0.05, 0.1) is 0 Å². The van der Waals surface area contributed by atoms with Gasteiger partial charge >= 0.3 is 5.97 Å². The van der Waals surface area contributed by atoms with E-state index in [-0.39, 0.29) is 12.5 Å². The van der Waals surface area contributed by atoms with Crippen LogP contribution in [0.25, 0.3) is 0 Å². The molecule has 0 aliphatic rings. The predicted octanol–water partition coefficient (Wildman–Crippen LogP) is 1.74. The summed E-state index contributed by atoms with van der Waals surface area (Å²) in [6.45, 7) is 4.62. The third-order valence-corrected chi connectivity index (χ3v) is 3.07. The normalized spacial score (nSPS) is 10.6. The molecular formula is C13H20N2O3. The number of amides is 1. The quantitative estimate of drug-likeness (QED) is 0.776. The molecule has 0 fully saturated rings. The van der Waals surface area contributed by atoms with Crippen molar-refractivity contribution in [1.29, 1.82) is 0 Å². The predicted molar refractivity (Wildman–Crippen MR) is 68.5 cm³/mol. The van der Waals surface area contributed by atoms with Crippen LogP contribution in [0.3, 0.4) is 0 Å². The molecule has 0 aromatic carbocycles. The molecule has 0 saturated carbocycles. The Morgan fingerprint density at radius 2 is 2.06 bits per heavy atom. The Labute approximate surface area is 107 Å². The van der Waals surface area contributed by atoms with Gasteiger partial charge in [-0.3, -0.25) is 9.59 Å². The van der Waals surface area contributed by atoms with Crippen molar-refractivity contribution in [2.45, 2.75) is 33.2 Å². The van der Waals surface area contributed by atoms with Crippen LogP contribution < -0.4 is 5.32 Å². The van der Waals surface area contributed by atoms with E-state index in [2.05, 4.69) is 19.2 Å². The van der Waals surface area contributed by atoms with Crippen LogP contribution in [0.2, 0.25) is 0 Å². The van der Waals surface area contributed by atoms with Crippen LogP contribution >= 0.6 is 0 Å². The number of nitrogens with zero attached hydrogens (tertiary/aromatic N) is 1. The molecule has 1 amide bonds. The van der Waals surface area contributed by atoms with Gasteiger partial charge in [0.1, 0.15) is 12.2 Å². The highest BCUT2D eigenvalue weighted by Crippen LogP contribution is 2.07. The van der Waals surface area contributed by atoms with Crippen LogP contribution in [0.5, 0.6) is 0 Å². The number of hydrogen-bond donors (Lipinski definition) is 2. The maximum atomic E-state index is 11.9. The topological polar surface area (TPSA) is 71.3 Å². The summed E-state index contributed by atoms with van der Waals surface area (Å²) >= 11 is 0. The van der Waals surface area contributed by atoms with Crippen molar-refractivity contribution in [3.8, 4) is 0 Å². The number of hydrogen-bond acceptors (Lipinski definition) is 2. The number of carbonyl (C=O) groups is 2. The van der Waals surface area contributed by atoms with Gasteiger partial charge in [-0.25, -0.2) is 0 Å². The lowest BCUT2D eigenvalue weighted by molar-refractivity contribution is -0.137. The fourth-order valence-electron chi connectivity index (χ4n) is 1.81. The number of carboxylic acid groups (broad SMARTS) is 1. The van der Waals surface area contributed by atoms with Gasteiger partial charge in [-0.2, -0.15) is 0 Å². The van der Waals surface area contributed by atoms with E-state index in [1.165, 1.54) is 4.57 Å². The third-order valence-electron chi connectivity index (χ3n) is 3.07. The fourth-order valence-corrected chi connectivity index (χ4v) is 1.81. The first kappa shape index (κ1) is 14.3. The maximum Gasteiger partial charge on any atom is 0.323 e. The van der Waals surface area contributed by atoms with Gasteiger partial charge in [0.15, 0.2) is 0 Å². The first-order valence-corrected chi connectivity index (χ1v) is 6.23. The molecule has 0 unspecified atom stereocenters. The zero-order chi connectivity index (χ0) is 13.5. The zero-order valence-electron chi connectivity index (χ0n) is 10.8. The zero-order valence-corrected chi connectivity index (χ0v) is 10.8. The highest BCUT2D eigenvalue weighted by Gasteiger charge is 2.13. The molecular weight excluding hydrogens is 232 g/mol. The van der Waals surface area contributed by atoms with E-state index in [4.69, 9.17) is 5.11 Å². The second-order valence-corrected chi connectivity index (χ2v) is 4.31. The van der Waals surface area contributed by atoms with Crippen molar-refractivity contribution >= 4 is 11.9 Å². The van der Waals surface area contributed by atoms with Gasteiger partial charge in [0, 0.05) is 12.7 Å². The number of carboxylic acids is 1. The lowest BCUT2D eigenvalue weighted by atomic mass is 10.0. The van der Waals surface area contributed by atoms with Crippen LogP contribution in [-0.4, -0.2) is 28.1 Å². The van der Waals surface area contributed by atoms with E-state index in [1.54, 1.807) is 18.3 Å². The molecule has 0 atom stereocenters. The Morgan fingerprint density at radius 1 is 1.39 bits per heavy atom. The van der Waals surface area contributed by atoms with Gasteiger partial charge in [-0.05, 0) is 18.1 Å². The summed E-state index contributed by atoms with van der Waals surface area (Å²) < 4.78 is 1.44. The minimum absolute atomic E-state index is 0.194. The Morgan fingerprint density at radius 3 is 2.61 bits per heavy atom. The molecule has 5 heteroatoms. The summed E-state index contributed by atoms with van der Waals surface area (Å²) in [4.78, 5) is 22.6. The molecule has 1 rings (SSSR count). The molecule has 18 heavy (non-hydrogen) atoms. The van der Waals surface area contributed by atoms with Gasteiger partial charge < -0.3 is 15.0 Å². The minimum Gasteiger partial charge on any atom is -0.480 e. The molecule has 5 nitrogen and oxygen atoms in total. The summed E-state index contributed by atoms with van der Waals surface area (Å²) in [5.41, 5.74) is 0.392. The van der Waals surface area contributed by atoms with E-state index in [9.17, 15) is 9.59 Å². The molecule has 0 spiro atoms. The Kier molecular flexibility index (Phi) is 5.42. The molecule has 1 aromatic heterocycles. The van der Waals surface area contributed by atoms with E-state index < -0.39 is 5.97 Å². The van der Waals surface area contributed by atoms with Gasteiger partial charge in [-0.1, -0.05) is 26.7 Å². The van der Waals surface area contributed by atoms with Crippen LogP contribution in [0.15, 0.2) is 18.3 Å². The third kappa shape index (κ3) is 3.91. The minimum atomic E-state index is -0.958. The van der Waals surface area contributed by atoms with Crippen LogP contribution in [0.4, 0.5) is 0 Å². The number of nitrogens with one attached hydrogen (secondary N) is 1. The van der Waals surface area contributed by atoms with Crippen molar-refractivity contribution in [2.75, 3.05) is 6.54 Å². The lowest BCUT2D eigenvalue weighted by Gasteiger charge is -2.13. The van der Waals surface area contributed by atoms with Crippen molar-refractivity contribution in [3.05, 3.63) is 24.0 Å². The molecule has 100 valence electrons. The largest absolute Gasteiger partial charge is 0.480 e. The first-order chi connectivity index (χ1) is 8.58. The molecule has 0 aliphatic carbocycles. The smallest absolute Gasteiger partial charge is 0.323 e. The number of carbonyl (C=O) groups excluding carboxylic acids is 1. The molecule has 0 saturated heterocycles. The Hall–Kier alpha value is -1.78. The summed E-state index contributed by atoms with van der Waals surface area (Å²) in [6.07, 6.45) is 3.64. The van der Waals surface area contributed by atoms with E-state index in [0.29, 0.717) is 18.2 Å². The van der Waals surface area contributed by atoms with Crippen molar-refractivity contribution in [3.63, 3.8) is 0 Å². The van der Waals surface area contributed by atoms with Crippen LogP contribution in [-0.2, 0) is 11.3 Å². The number of aromatic nitrogens is 1. The molecule has 1 heterocycles. The summed E-state index contributed by atoms with van der Waals surface area (Å²) in [6, 6.07) is 3.31. The lowest BCUT2D eigenvalue weighted by Crippen LogP contribution is -2.31. The van der Waals surface area contributed by atoms with Gasteiger partial charge in [-0.15, -0.1) is 0 Å². The van der Waals surface area contributed by atoms with E-state index in [0.717, 1.165) is 12.8 Å². The summed E-state index contributed by atoms with van der Waals surface area (Å²) in [7, 11) is 0. The van der Waals surface area contributed by atoms with E-state index in [1.807, 2.05) is 0 Å². The summed E-state index contributed by atoms with van der Waals surface area (Å²) in [5.74, 6) is -0.703. The Bertz CT molecular complexity index is 408. The average Bonchev–Trinajstić information content (AvgIpc) is 2.77. The molecule has 0 aliphatic heterocycles. The molecule has 1 aromatic rings. The van der Waals surface area contributed by atoms with Crippen molar-refractivity contribution in [2.24, 2.45) is 5.92 Å². The van der Waals surface area contributed by atoms with E-state index >= 15 is 0 Å². The average molecular weight is 252 g/mol. The SMILES string of the molecule is CCC(CC)CNC(=O)c1cccn1CC(=O)O. The van der Waals surface area contributed by atoms with Crippen molar-refractivity contribution in [1.82, 2.24) is 9.88 Å². The van der Waals surface area contributed by atoms with Gasteiger partial charge in [0.2, 0.25) is 0 Å². The second-order valence-electron chi connectivity index (χ2n) is 4.31. The van der Waals surface area contributed by atoms with Crippen molar-refractivity contribution < 1.29 is 14.7 Å². The van der Waals surface area contributed by atoms with Crippen LogP contribution in [0.1, 0.15) is 37.2 Å². The molecule has 2 N–H and O–H groups in total. The molecule has 0 bridgehead atoms. The first-order valence-electron chi connectivity index (χ1n) is 6.23. The fraction of sp³-hybridized carbons (Fsp3) is 0.538. The Balaban J connectivity index is 2.61. The number of rotatable bonds is 7.